The summed E-state index contributed by atoms with van der Waals surface area (Å²) in [6, 6.07) is 0. The van der Waals surface area contributed by atoms with Gasteiger partial charge in [-0.3, -0.25) is 0 Å². The van der Waals surface area contributed by atoms with Gasteiger partial charge in [-0.15, -0.1) is 11.3 Å². The average molecular weight is 255 g/mol. The molecule has 1 fully saturated rings. The molecule has 17 heavy (non-hydrogen) atoms. The third kappa shape index (κ3) is 3.66. The van der Waals surface area contributed by atoms with Crippen molar-refractivity contribution in [2.45, 2.75) is 19.9 Å². The molecule has 2 rings (SSSR count). The van der Waals surface area contributed by atoms with Gasteiger partial charge in [0.15, 0.2) is 5.13 Å². The summed E-state index contributed by atoms with van der Waals surface area (Å²) in [5.41, 5.74) is 0. The molecule has 0 radical (unpaired) electrons. The fourth-order valence-corrected chi connectivity index (χ4v) is 2.93. The number of nitrogens with zero attached hydrogens (tertiary/aromatic N) is 2. The van der Waals surface area contributed by atoms with Gasteiger partial charge in [-0.1, -0.05) is 6.92 Å². The number of hydrogen-bond acceptors (Lipinski definition) is 5. The minimum atomic E-state index is 0.759. The van der Waals surface area contributed by atoms with E-state index in [0.29, 0.717) is 0 Å². The maximum atomic E-state index is 5.00. The SMILES string of the molecule is COCCNCc1cnc(N2CCC(C)C2)s1. The lowest BCUT2D eigenvalue weighted by Gasteiger charge is -2.13. The van der Waals surface area contributed by atoms with Crippen molar-refractivity contribution in [2.24, 2.45) is 5.92 Å². The summed E-state index contributed by atoms with van der Waals surface area (Å²) in [6.45, 7) is 7.17. The van der Waals surface area contributed by atoms with Crippen molar-refractivity contribution in [1.29, 1.82) is 0 Å². The van der Waals surface area contributed by atoms with Gasteiger partial charge in [0.2, 0.25) is 0 Å². The first kappa shape index (κ1) is 12.8. The first-order valence-corrected chi connectivity index (χ1v) is 7.00. The van der Waals surface area contributed by atoms with Crippen LogP contribution in [-0.2, 0) is 11.3 Å². The molecule has 1 aliphatic rings. The molecule has 1 aromatic heterocycles. The van der Waals surface area contributed by atoms with Crippen LogP contribution in [0.4, 0.5) is 5.13 Å². The molecule has 1 aromatic rings. The first-order chi connectivity index (χ1) is 8.29. The molecule has 0 saturated carbocycles. The standard InChI is InChI=1S/C12H21N3OS/c1-10-3-5-15(9-10)12-14-8-11(17-12)7-13-4-6-16-2/h8,10,13H,3-7,9H2,1-2H3. The Bertz CT molecular complexity index is 342. The Balaban J connectivity index is 1.79. The van der Waals surface area contributed by atoms with E-state index in [4.69, 9.17) is 4.74 Å². The average Bonchev–Trinajstić information content (AvgIpc) is 2.93. The minimum absolute atomic E-state index is 0.759. The number of thiazole rings is 1. The molecule has 0 aromatic carbocycles. The maximum absolute atomic E-state index is 5.00. The van der Waals surface area contributed by atoms with Gasteiger partial charge in [-0.25, -0.2) is 4.98 Å². The van der Waals surface area contributed by atoms with Crippen molar-refractivity contribution >= 4 is 16.5 Å². The van der Waals surface area contributed by atoms with E-state index >= 15 is 0 Å². The third-order valence-electron chi connectivity index (χ3n) is 3.02. The van der Waals surface area contributed by atoms with E-state index in [2.05, 4.69) is 22.1 Å². The molecule has 0 amide bonds. The van der Waals surface area contributed by atoms with E-state index in [1.807, 2.05) is 6.20 Å². The number of rotatable bonds is 6. The Hall–Kier alpha value is -0.650. The van der Waals surface area contributed by atoms with Crippen molar-refractivity contribution in [3.05, 3.63) is 11.1 Å². The predicted molar refractivity (Wildman–Crippen MR) is 71.7 cm³/mol. The maximum Gasteiger partial charge on any atom is 0.185 e. The van der Waals surface area contributed by atoms with Crippen LogP contribution in [0.15, 0.2) is 6.20 Å². The van der Waals surface area contributed by atoms with Gasteiger partial charge in [-0.2, -0.15) is 0 Å². The van der Waals surface area contributed by atoms with Crippen LogP contribution in [0.2, 0.25) is 0 Å². The monoisotopic (exact) mass is 255 g/mol. The summed E-state index contributed by atoms with van der Waals surface area (Å²) in [6.07, 6.45) is 3.28. The van der Waals surface area contributed by atoms with Gasteiger partial charge in [0.25, 0.3) is 0 Å². The van der Waals surface area contributed by atoms with Crippen LogP contribution in [0.5, 0.6) is 0 Å². The molecule has 1 N–H and O–H groups in total. The Kier molecular flexibility index (Phi) is 4.76. The highest BCUT2D eigenvalue weighted by atomic mass is 32.1. The van der Waals surface area contributed by atoms with Gasteiger partial charge in [0, 0.05) is 44.4 Å². The second kappa shape index (κ2) is 6.33. The van der Waals surface area contributed by atoms with Crippen molar-refractivity contribution in [2.75, 3.05) is 38.3 Å². The smallest absolute Gasteiger partial charge is 0.185 e. The molecule has 1 aliphatic heterocycles. The van der Waals surface area contributed by atoms with Crippen molar-refractivity contribution in [3.8, 4) is 0 Å². The Morgan fingerprint density at radius 2 is 2.53 bits per heavy atom. The highest BCUT2D eigenvalue weighted by Crippen LogP contribution is 2.27. The summed E-state index contributed by atoms with van der Waals surface area (Å²) >= 11 is 1.80. The summed E-state index contributed by atoms with van der Waals surface area (Å²) < 4.78 is 5.00. The van der Waals surface area contributed by atoms with E-state index in [9.17, 15) is 0 Å². The van der Waals surface area contributed by atoms with Crippen LogP contribution in [0.3, 0.4) is 0 Å². The van der Waals surface area contributed by atoms with Crippen molar-refractivity contribution in [1.82, 2.24) is 10.3 Å². The summed E-state index contributed by atoms with van der Waals surface area (Å²) in [7, 11) is 1.72. The van der Waals surface area contributed by atoms with Crippen LogP contribution in [0.1, 0.15) is 18.2 Å². The number of methoxy groups -OCH3 is 1. The van der Waals surface area contributed by atoms with Crippen LogP contribution >= 0.6 is 11.3 Å². The highest BCUT2D eigenvalue weighted by Gasteiger charge is 2.20. The number of aromatic nitrogens is 1. The molecular formula is C12H21N3OS. The van der Waals surface area contributed by atoms with Gasteiger partial charge in [0.05, 0.1) is 6.61 Å². The summed E-state index contributed by atoms with van der Waals surface area (Å²) in [5.74, 6) is 0.808. The lowest BCUT2D eigenvalue weighted by molar-refractivity contribution is 0.199. The van der Waals surface area contributed by atoms with Crippen LogP contribution in [0, 0.1) is 5.92 Å². The molecule has 2 heterocycles. The van der Waals surface area contributed by atoms with E-state index in [1.54, 1.807) is 18.4 Å². The van der Waals surface area contributed by atoms with Crippen molar-refractivity contribution in [3.63, 3.8) is 0 Å². The number of anilines is 1. The third-order valence-corrected chi connectivity index (χ3v) is 4.08. The molecule has 1 saturated heterocycles. The lowest BCUT2D eigenvalue weighted by atomic mass is 10.2. The zero-order valence-electron chi connectivity index (χ0n) is 10.6. The Morgan fingerprint density at radius 1 is 1.65 bits per heavy atom. The zero-order valence-corrected chi connectivity index (χ0v) is 11.4. The second-order valence-electron chi connectivity index (χ2n) is 4.62. The van der Waals surface area contributed by atoms with E-state index < -0.39 is 0 Å². The largest absolute Gasteiger partial charge is 0.383 e. The van der Waals surface area contributed by atoms with E-state index in [1.165, 1.54) is 16.4 Å². The Morgan fingerprint density at radius 3 is 3.24 bits per heavy atom. The van der Waals surface area contributed by atoms with Crippen LogP contribution in [0.25, 0.3) is 0 Å². The lowest BCUT2D eigenvalue weighted by Crippen LogP contribution is -2.18. The van der Waals surface area contributed by atoms with Gasteiger partial charge >= 0.3 is 0 Å². The molecule has 96 valence electrons. The molecule has 0 bridgehead atoms. The predicted octanol–water partition coefficient (Wildman–Crippen LogP) is 1.73. The van der Waals surface area contributed by atoms with E-state index in [0.717, 1.165) is 38.7 Å². The molecule has 5 heteroatoms. The fourth-order valence-electron chi connectivity index (χ4n) is 2.02. The first-order valence-electron chi connectivity index (χ1n) is 6.19. The topological polar surface area (TPSA) is 37.4 Å². The van der Waals surface area contributed by atoms with E-state index in [-0.39, 0.29) is 0 Å². The normalized spacial score (nSPS) is 20.1. The van der Waals surface area contributed by atoms with Gasteiger partial charge < -0.3 is 15.0 Å². The van der Waals surface area contributed by atoms with Crippen LogP contribution < -0.4 is 10.2 Å². The number of nitrogens with one attached hydrogen (secondary N) is 1. The van der Waals surface area contributed by atoms with Gasteiger partial charge in [-0.05, 0) is 12.3 Å². The zero-order chi connectivity index (χ0) is 12.1. The fraction of sp³-hybridized carbons (Fsp3) is 0.750. The molecular weight excluding hydrogens is 234 g/mol. The quantitative estimate of drug-likeness (QED) is 0.786. The summed E-state index contributed by atoms with van der Waals surface area (Å²) in [5, 5.41) is 4.52. The molecule has 1 unspecified atom stereocenters. The minimum Gasteiger partial charge on any atom is -0.383 e. The van der Waals surface area contributed by atoms with Crippen LogP contribution in [-0.4, -0.2) is 38.3 Å². The molecule has 1 atom stereocenters. The number of hydrogen-bond donors (Lipinski definition) is 1. The Labute approximate surface area is 107 Å². The number of ether oxygens (including phenoxy) is 1. The molecule has 4 nitrogen and oxygen atoms in total. The molecule has 0 aliphatic carbocycles. The van der Waals surface area contributed by atoms with Crippen molar-refractivity contribution < 1.29 is 4.74 Å². The second-order valence-corrected chi connectivity index (χ2v) is 5.71. The van der Waals surface area contributed by atoms with Gasteiger partial charge in [0.1, 0.15) is 0 Å². The highest BCUT2D eigenvalue weighted by molar-refractivity contribution is 7.15. The molecule has 0 spiro atoms. The summed E-state index contributed by atoms with van der Waals surface area (Å²) in [4.78, 5) is 8.20.